The van der Waals surface area contributed by atoms with Crippen molar-refractivity contribution in [3.8, 4) is 0 Å². The van der Waals surface area contributed by atoms with Gasteiger partial charge in [0.1, 0.15) is 0 Å². The van der Waals surface area contributed by atoms with Gasteiger partial charge in [-0.05, 0) is 12.8 Å². The van der Waals surface area contributed by atoms with E-state index in [0.717, 1.165) is 13.0 Å². The molecule has 1 saturated carbocycles. The predicted octanol–water partition coefficient (Wildman–Crippen LogP) is 0.852. The molecule has 0 aromatic carbocycles. The van der Waals surface area contributed by atoms with Crippen LogP contribution < -0.4 is 0 Å². The standard InChI is InChI=1S/C9H13F2NO/c10-9(11)4-7(9)3-8(6-13)1-2-12(8)5-7/h13H,1-6H2/t7-,8+/m1/s1. The first kappa shape index (κ1) is 8.12. The number of rotatable bonds is 1. The van der Waals surface area contributed by atoms with E-state index in [2.05, 4.69) is 0 Å². The summed E-state index contributed by atoms with van der Waals surface area (Å²) in [4.78, 5) is 2.04. The molecule has 0 radical (unpaired) electrons. The summed E-state index contributed by atoms with van der Waals surface area (Å²) in [5.41, 5.74) is -1.02. The summed E-state index contributed by atoms with van der Waals surface area (Å²) in [6.45, 7) is 1.43. The first-order valence-electron chi connectivity index (χ1n) is 4.78. The lowest BCUT2D eigenvalue weighted by atomic mass is 9.83. The molecule has 0 bridgehead atoms. The highest BCUT2D eigenvalue weighted by molar-refractivity contribution is 5.23. The summed E-state index contributed by atoms with van der Waals surface area (Å²) in [7, 11) is 0. The summed E-state index contributed by atoms with van der Waals surface area (Å²) in [5, 5.41) is 9.19. The van der Waals surface area contributed by atoms with Gasteiger partial charge in [-0.15, -0.1) is 0 Å². The fourth-order valence-electron chi connectivity index (χ4n) is 3.06. The van der Waals surface area contributed by atoms with Crippen molar-refractivity contribution in [2.45, 2.75) is 30.7 Å². The fourth-order valence-corrected chi connectivity index (χ4v) is 3.06. The number of aliphatic hydroxyl groups is 1. The number of aliphatic hydroxyl groups excluding tert-OH is 1. The monoisotopic (exact) mass is 189 g/mol. The molecule has 3 aliphatic rings. The molecule has 2 heterocycles. The zero-order valence-corrected chi connectivity index (χ0v) is 7.39. The Hall–Kier alpha value is -0.220. The summed E-state index contributed by atoms with van der Waals surface area (Å²) >= 11 is 0. The van der Waals surface area contributed by atoms with Crippen LogP contribution in [0.3, 0.4) is 0 Å². The largest absolute Gasteiger partial charge is 0.394 e. The molecule has 0 aromatic heterocycles. The van der Waals surface area contributed by atoms with Crippen molar-refractivity contribution in [2.75, 3.05) is 19.7 Å². The van der Waals surface area contributed by atoms with E-state index in [1.165, 1.54) is 0 Å². The van der Waals surface area contributed by atoms with Crippen molar-refractivity contribution >= 4 is 0 Å². The average Bonchev–Trinajstić information content (AvgIpc) is 2.50. The topological polar surface area (TPSA) is 23.5 Å². The minimum absolute atomic E-state index is 0.0399. The van der Waals surface area contributed by atoms with Crippen molar-refractivity contribution in [1.82, 2.24) is 4.90 Å². The molecule has 1 aliphatic carbocycles. The molecule has 1 N–H and O–H groups in total. The van der Waals surface area contributed by atoms with Crippen LogP contribution in [0, 0.1) is 5.41 Å². The maximum absolute atomic E-state index is 13.1. The summed E-state index contributed by atoms with van der Waals surface area (Å²) in [6, 6.07) is 0. The molecule has 13 heavy (non-hydrogen) atoms. The lowest BCUT2D eigenvalue weighted by Gasteiger charge is -2.46. The molecule has 0 amide bonds. The number of nitrogens with zero attached hydrogens (tertiary/aromatic N) is 1. The van der Waals surface area contributed by atoms with Crippen LogP contribution in [0.4, 0.5) is 8.78 Å². The fraction of sp³-hybridized carbons (Fsp3) is 1.00. The molecule has 2 aliphatic heterocycles. The highest BCUT2D eigenvalue weighted by Gasteiger charge is 2.77. The Labute approximate surface area is 75.5 Å². The van der Waals surface area contributed by atoms with E-state index in [9.17, 15) is 13.9 Å². The second-order valence-corrected chi connectivity index (χ2v) is 4.89. The Kier molecular flexibility index (Phi) is 1.19. The number of hydrogen-bond acceptors (Lipinski definition) is 2. The van der Waals surface area contributed by atoms with Gasteiger partial charge in [0.2, 0.25) is 0 Å². The Morgan fingerprint density at radius 2 is 2.00 bits per heavy atom. The van der Waals surface area contributed by atoms with Gasteiger partial charge in [-0.3, -0.25) is 4.90 Å². The van der Waals surface area contributed by atoms with Gasteiger partial charge in [0.25, 0.3) is 5.92 Å². The maximum atomic E-state index is 13.1. The van der Waals surface area contributed by atoms with Crippen LogP contribution >= 0.6 is 0 Å². The zero-order valence-electron chi connectivity index (χ0n) is 7.39. The molecule has 3 rings (SSSR count). The van der Waals surface area contributed by atoms with Gasteiger partial charge in [0.15, 0.2) is 0 Å². The lowest BCUT2D eigenvalue weighted by Crippen LogP contribution is -2.57. The van der Waals surface area contributed by atoms with Crippen molar-refractivity contribution < 1.29 is 13.9 Å². The van der Waals surface area contributed by atoms with Crippen LogP contribution in [-0.4, -0.2) is 41.2 Å². The normalized spacial score (nSPS) is 51.9. The molecule has 0 aromatic rings. The Morgan fingerprint density at radius 3 is 2.31 bits per heavy atom. The van der Waals surface area contributed by atoms with Gasteiger partial charge in [-0.25, -0.2) is 8.78 Å². The van der Waals surface area contributed by atoms with Crippen molar-refractivity contribution in [1.29, 1.82) is 0 Å². The number of fused-ring (bicyclic) bond motifs is 1. The smallest absolute Gasteiger partial charge is 0.255 e. The van der Waals surface area contributed by atoms with Crippen molar-refractivity contribution in [2.24, 2.45) is 5.41 Å². The van der Waals surface area contributed by atoms with Crippen LogP contribution in [0.15, 0.2) is 0 Å². The SMILES string of the molecule is OC[C@@]12CCN1C[C@]1(CC1(F)F)C2. The molecule has 2 nitrogen and oxygen atoms in total. The van der Waals surface area contributed by atoms with E-state index in [0.29, 0.717) is 13.0 Å². The molecule has 2 saturated heterocycles. The summed E-state index contributed by atoms with van der Waals surface area (Å²) in [5.74, 6) is -2.45. The first-order chi connectivity index (χ1) is 6.04. The number of halogens is 2. The van der Waals surface area contributed by atoms with Crippen molar-refractivity contribution in [3.63, 3.8) is 0 Å². The van der Waals surface area contributed by atoms with Gasteiger partial charge < -0.3 is 5.11 Å². The average molecular weight is 189 g/mol. The lowest BCUT2D eigenvalue weighted by molar-refractivity contribution is -0.0190. The molecule has 0 unspecified atom stereocenters. The Bertz CT molecular complexity index is 266. The van der Waals surface area contributed by atoms with Gasteiger partial charge in [0.05, 0.1) is 12.0 Å². The van der Waals surface area contributed by atoms with Crippen LogP contribution in [0.25, 0.3) is 0 Å². The van der Waals surface area contributed by atoms with E-state index in [1.54, 1.807) is 0 Å². The third kappa shape index (κ3) is 0.749. The highest BCUT2D eigenvalue weighted by Crippen LogP contribution is 2.70. The van der Waals surface area contributed by atoms with Gasteiger partial charge >= 0.3 is 0 Å². The van der Waals surface area contributed by atoms with Crippen LogP contribution in [-0.2, 0) is 0 Å². The molecule has 74 valence electrons. The van der Waals surface area contributed by atoms with E-state index >= 15 is 0 Å². The van der Waals surface area contributed by atoms with Gasteiger partial charge in [0, 0.05) is 25.0 Å². The zero-order chi connectivity index (χ0) is 9.32. The summed E-state index contributed by atoms with van der Waals surface area (Å²) < 4.78 is 26.1. The quantitative estimate of drug-likeness (QED) is 0.661. The minimum atomic E-state index is -2.45. The predicted molar refractivity (Wildman–Crippen MR) is 42.6 cm³/mol. The molecular weight excluding hydrogens is 176 g/mol. The molecule has 1 spiro atoms. The molecule has 4 heteroatoms. The minimum Gasteiger partial charge on any atom is -0.394 e. The number of alkyl halides is 2. The van der Waals surface area contributed by atoms with Gasteiger partial charge in [-0.1, -0.05) is 0 Å². The Balaban J connectivity index is 1.86. The Morgan fingerprint density at radius 1 is 1.31 bits per heavy atom. The second kappa shape index (κ2) is 1.91. The van der Waals surface area contributed by atoms with E-state index in [-0.39, 0.29) is 18.6 Å². The van der Waals surface area contributed by atoms with Crippen molar-refractivity contribution in [3.05, 3.63) is 0 Å². The van der Waals surface area contributed by atoms with Crippen LogP contribution in [0.2, 0.25) is 0 Å². The van der Waals surface area contributed by atoms with Gasteiger partial charge in [-0.2, -0.15) is 0 Å². The number of hydrogen-bond donors (Lipinski definition) is 1. The summed E-state index contributed by atoms with van der Waals surface area (Å²) in [6.07, 6.45) is 1.43. The van der Waals surface area contributed by atoms with Crippen LogP contribution in [0.5, 0.6) is 0 Å². The highest BCUT2D eigenvalue weighted by atomic mass is 19.3. The third-order valence-corrected chi connectivity index (χ3v) is 4.18. The third-order valence-electron chi connectivity index (χ3n) is 4.18. The molecular formula is C9H13F2NO. The molecule has 2 atom stereocenters. The van der Waals surface area contributed by atoms with Crippen LogP contribution in [0.1, 0.15) is 19.3 Å². The first-order valence-corrected chi connectivity index (χ1v) is 4.78. The van der Waals surface area contributed by atoms with E-state index in [4.69, 9.17) is 0 Å². The maximum Gasteiger partial charge on any atom is 0.255 e. The van der Waals surface area contributed by atoms with E-state index in [1.807, 2.05) is 4.90 Å². The second-order valence-electron chi connectivity index (χ2n) is 4.89. The van der Waals surface area contributed by atoms with E-state index < -0.39 is 11.3 Å². The molecule has 3 fully saturated rings.